The summed E-state index contributed by atoms with van der Waals surface area (Å²) in [4.78, 5) is 33.5. The first-order valence-electron chi connectivity index (χ1n) is 6.53. The molecule has 7 nitrogen and oxygen atoms in total. The number of carboxylic acid groups (broad SMARTS) is 1. The van der Waals surface area contributed by atoms with Crippen molar-refractivity contribution in [2.75, 3.05) is 18.5 Å². The Morgan fingerprint density at radius 2 is 1.95 bits per heavy atom. The van der Waals surface area contributed by atoms with E-state index in [1.165, 1.54) is 0 Å². The van der Waals surface area contributed by atoms with Crippen LogP contribution in [-0.2, 0) is 20.7 Å². The number of amides is 2. The minimum atomic E-state index is -0.980. The molecule has 0 aromatic heterocycles. The number of carboxylic acids is 1. The number of hydrogen-bond donors (Lipinski definition) is 3. The number of para-hydroxylation sites is 1. The number of rotatable bonds is 7. The molecule has 21 heavy (non-hydrogen) atoms. The van der Waals surface area contributed by atoms with Crippen LogP contribution in [0.25, 0.3) is 0 Å². The Morgan fingerprint density at radius 1 is 1.24 bits per heavy atom. The number of anilines is 1. The van der Waals surface area contributed by atoms with Gasteiger partial charge in [-0.25, -0.2) is 4.79 Å². The maximum atomic E-state index is 11.7. The molecule has 114 valence electrons. The summed E-state index contributed by atoms with van der Waals surface area (Å²) in [5.41, 5.74) is 0.930. The van der Waals surface area contributed by atoms with E-state index in [-0.39, 0.29) is 25.4 Å². The molecule has 2 amide bonds. The van der Waals surface area contributed by atoms with Gasteiger partial charge in [0.25, 0.3) is 0 Å². The lowest BCUT2D eigenvalue weighted by atomic mass is 10.1. The SMILES string of the molecule is CCOC(=O)CCNC(=O)Nc1ccccc1CC(=O)O. The number of urea groups is 1. The Kier molecular flexibility index (Phi) is 6.73. The van der Waals surface area contributed by atoms with Gasteiger partial charge in [-0.05, 0) is 18.6 Å². The highest BCUT2D eigenvalue weighted by Crippen LogP contribution is 2.15. The second-order valence-electron chi connectivity index (χ2n) is 4.16. The summed E-state index contributed by atoms with van der Waals surface area (Å²) < 4.78 is 4.73. The number of carbonyl (C=O) groups excluding carboxylic acids is 2. The van der Waals surface area contributed by atoms with Crippen LogP contribution >= 0.6 is 0 Å². The number of esters is 1. The van der Waals surface area contributed by atoms with Crippen molar-refractivity contribution in [2.24, 2.45) is 0 Å². The van der Waals surface area contributed by atoms with Crippen molar-refractivity contribution in [2.45, 2.75) is 19.8 Å². The second kappa shape index (κ2) is 8.57. The van der Waals surface area contributed by atoms with Crippen molar-refractivity contribution in [3.8, 4) is 0 Å². The molecule has 0 fully saturated rings. The molecule has 1 aromatic rings. The molecule has 7 heteroatoms. The summed E-state index contributed by atoms with van der Waals surface area (Å²) in [5.74, 6) is -1.36. The Balaban J connectivity index is 2.47. The van der Waals surface area contributed by atoms with Crippen molar-refractivity contribution in [3.63, 3.8) is 0 Å². The van der Waals surface area contributed by atoms with E-state index in [9.17, 15) is 14.4 Å². The van der Waals surface area contributed by atoms with Gasteiger partial charge < -0.3 is 20.5 Å². The molecule has 0 saturated heterocycles. The first-order valence-corrected chi connectivity index (χ1v) is 6.53. The van der Waals surface area contributed by atoms with Crippen LogP contribution in [0.15, 0.2) is 24.3 Å². The van der Waals surface area contributed by atoms with E-state index in [0.29, 0.717) is 17.9 Å². The normalized spacial score (nSPS) is 9.76. The molecule has 1 aromatic carbocycles. The summed E-state index contributed by atoms with van der Waals surface area (Å²) in [5, 5.41) is 13.9. The van der Waals surface area contributed by atoms with Crippen LogP contribution in [0, 0.1) is 0 Å². The maximum absolute atomic E-state index is 11.7. The van der Waals surface area contributed by atoms with Gasteiger partial charge in [-0.2, -0.15) is 0 Å². The van der Waals surface area contributed by atoms with Crippen LogP contribution in [0.5, 0.6) is 0 Å². The number of aliphatic carboxylic acids is 1. The summed E-state index contributed by atoms with van der Waals surface area (Å²) in [6, 6.07) is 6.13. The monoisotopic (exact) mass is 294 g/mol. The molecule has 0 unspecified atom stereocenters. The fraction of sp³-hybridized carbons (Fsp3) is 0.357. The smallest absolute Gasteiger partial charge is 0.319 e. The molecular formula is C14H18N2O5. The van der Waals surface area contributed by atoms with E-state index in [0.717, 1.165) is 0 Å². The van der Waals surface area contributed by atoms with Crippen LogP contribution < -0.4 is 10.6 Å². The maximum Gasteiger partial charge on any atom is 0.319 e. The quantitative estimate of drug-likeness (QED) is 0.659. The standard InChI is InChI=1S/C14H18N2O5/c1-2-21-13(19)7-8-15-14(20)16-11-6-4-3-5-10(11)9-12(17)18/h3-6H,2,7-9H2,1H3,(H,17,18)(H2,15,16,20). The minimum Gasteiger partial charge on any atom is -0.481 e. The number of benzene rings is 1. The lowest BCUT2D eigenvalue weighted by molar-refractivity contribution is -0.143. The van der Waals surface area contributed by atoms with E-state index in [4.69, 9.17) is 9.84 Å². The Bertz CT molecular complexity index is 516. The molecule has 0 aliphatic carbocycles. The number of ether oxygens (including phenoxy) is 1. The second-order valence-corrected chi connectivity index (χ2v) is 4.16. The number of hydrogen-bond acceptors (Lipinski definition) is 4. The Labute approximate surface area is 122 Å². The molecule has 0 atom stereocenters. The fourth-order valence-electron chi connectivity index (χ4n) is 1.64. The van der Waals surface area contributed by atoms with E-state index >= 15 is 0 Å². The van der Waals surface area contributed by atoms with Gasteiger partial charge in [0.1, 0.15) is 0 Å². The topological polar surface area (TPSA) is 105 Å². The largest absolute Gasteiger partial charge is 0.481 e. The summed E-state index contributed by atoms with van der Waals surface area (Å²) in [6.07, 6.45) is -0.0999. The first-order chi connectivity index (χ1) is 10.0. The van der Waals surface area contributed by atoms with Gasteiger partial charge in [0.15, 0.2) is 0 Å². The van der Waals surface area contributed by atoms with Gasteiger partial charge >= 0.3 is 18.0 Å². The van der Waals surface area contributed by atoms with Gasteiger partial charge in [-0.15, -0.1) is 0 Å². The van der Waals surface area contributed by atoms with Gasteiger partial charge in [0.2, 0.25) is 0 Å². The molecule has 0 aliphatic rings. The molecule has 0 bridgehead atoms. The third-order valence-electron chi connectivity index (χ3n) is 2.53. The molecule has 0 heterocycles. The van der Waals surface area contributed by atoms with Gasteiger partial charge in [0.05, 0.1) is 19.4 Å². The van der Waals surface area contributed by atoms with E-state index in [2.05, 4.69) is 10.6 Å². The lowest BCUT2D eigenvalue weighted by Crippen LogP contribution is -2.31. The zero-order chi connectivity index (χ0) is 15.7. The van der Waals surface area contributed by atoms with E-state index < -0.39 is 12.0 Å². The van der Waals surface area contributed by atoms with Gasteiger partial charge in [-0.1, -0.05) is 18.2 Å². The summed E-state index contributed by atoms with van der Waals surface area (Å²) in [7, 11) is 0. The highest BCUT2D eigenvalue weighted by atomic mass is 16.5. The Hall–Kier alpha value is -2.57. The van der Waals surface area contributed by atoms with Crippen molar-refractivity contribution in [3.05, 3.63) is 29.8 Å². The number of carbonyl (C=O) groups is 3. The highest BCUT2D eigenvalue weighted by Gasteiger charge is 2.09. The molecule has 3 N–H and O–H groups in total. The summed E-state index contributed by atoms with van der Waals surface area (Å²) >= 11 is 0. The van der Waals surface area contributed by atoms with Crippen LogP contribution in [0.2, 0.25) is 0 Å². The van der Waals surface area contributed by atoms with Crippen LogP contribution in [0.4, 0.5) is 10.5 Å². The molecule has 0 radical (unpaired) electrons. The van der Waals surface area contributed by atoms with Gasteiger partial charge in [0, 0.05) is 12.2 Å². The van der Waals surface area contributed by atoms with Crippen molar-refractivity contribution >= 4 is 23.7 Å². The highest BCUT2D eigenvalue weighted by molar-refractivity contribution is 5.91. The van der Waals surface area contributed by atoms with Crippen LogP contribution in [-0.4, -0.2) is 36.2 Å². The Morgan fingerprint density at radius 3 is 2.62 bits per heavy atom. The molecule has 0 spiro atoms. The minimum absolute atomic E-state index is 0.0814. The third-order valence-corrected chi connectivity index (χ3v) is 2.53. The van der Waals surface area contributed by atoms with E-state index in [1.54, 1.807) is 31.2 Å². The average Bonchev–Trinajstić information content (AvgIpc) is 2.40. The zero-order valence-electron chi connectivity index (χ0n) is 11.7. The van der Waals surface area contributed by atoms with Crippen molar-refractivity contribution < 1.29 is 24.2 Å². The molecule has 1 rings (SSSR count). The summed E-state index contributed by atoms with van der Waals surface area (Å²) in [6.45, 7) is 2.15. The van der Waals surface area contributed by atoms with Crippen molar-refractivity contribution in [1.82, 2.24) is 5.32 Å². The molecule has 0 aliphatic heterocycles. The third kappa shape index (κ3) is 6.42. The predicted octanol–water partition coefficient (Wildman–Crippen LogP) is 1.39. The fourth-order valence-corrected chi connectivity index (χ4v) is 1.64. The average molecular weight is 294 g/mol. The van der Waals surface area contributed by atoms with Crippen LogP contribution in [0.3, 0.4) is 0 Å². The van der Waals surface area contributed by atoms with Crippen molar-refractivity contribution in [1.29, 1.82) is 0 Å². The molecule has 0 saturated carbocycles. The first kappa shape index (κ1) is 16.5. The predicted molar refractivity (Wildman–Crippen MR) is 76.1 cm³/mol. The lowest BCUT2D eigenvalue weighted by Gasteiger charge is -2.10. The van der Waals surface area contributed by atoms with Gasteiger partial charge in [-0.3, -0.25) is 9.59 Å². The van der Waals surface area contributed by atoms with Crippen LogP contribution in [0.1, 0.15) is 18.9 Å². The van der Waals surface area contributed by atoms with E-state index in [1.807, 2.05) is 0 Å². The molecular weight excluding hydrogens is 276 g/mol. The number of nitrogens with one attached hydrogen (secondary N) is 2. The zero-order valence-corrected chi connectivity index (χ0v) is 11.7.